The van der Waals surface area contributed by atoms with Crippen molar-refractivity contribution in [3.63, 3.8) is 0 Å². The number of hydrogen-bond acceptors (Lipinski definition) is 5. The molecule has 1 rings (SSSR count). The average Bonchev–Trinajstić information content (AvgIpc) is 2.44. The molecule has 0 unspecified atom stereocenters. The molecule has 5 nitrogen and oxygen atoms in total. The molecule has 0 atom stereocenters. The Morgan fingerprint density at radius 2 is 1.71 bits per heavy atom. The van der Waals surface area contributed by atoms with Gasteiger partial charge in [0.25, 0.3) is 0 Å². The lowest BCUT2D eigenvalue weighted by atomic mass is 9.78. The summed E-state index contributed by atoms with van der Waals surface area (Å²) >= 11 is 0. The number of esters is 1. The molecule has 0 fully saturated rings. The van der Waals surface area contributed by atoms with Crippen LogP contribution >= 0.6 is 0 Å². The van der Waals surface area contributed by atoms with Crippen molar-refractivity contribution in [3.8, 4) is 5.75 Å². The Balaban J connectivity index is 3.03. The molecule has 24 heavy (non-hydrogen) atoms. The van der Waals surface area contributed by atoms with Crippen LogP contribution in [0.4, 0.5) is 0 Å². The van der Waals surface area contributed by atoms with Crippen LogP contribution in [0.2, 0.25) is 0 Å². The number of aryl methyl sites for hydroxylation is 1. The lowest BCUT2D eigenvalue weighted by molar-refractivity contribution is -0.145. The highest BCUT2D eigenvalue weighted by Crippen LogP contribution is 2.38. The van der Waals surface area contributed by atoms with Crippen molar-refractivity contribution in [2.75, 3.05) is 13.2 Å². The van der Waals surface area contributed by atoms with E-state index in [2.05, 4.69) is 52.4 Å². The molecule has 1 aromatic rings. The van der Waals surface area contributed by atoms with Crippen molar-refractivity contribution in [1.82, 2.24) is 0 Å². The number of phenols is 1. The van der Waals surface area contributed by atoms with Crippen molar-refractivity contribution in [1.29, 1.82) is 0 Å². The van der Waals surface area contributed by atoms with Crippen molar-refractivity contribution < 1.29 is 19.5 Å². The second kappa shape index (κ2) is 7.99. The summed E-state index contributed by atoms with van der Waals surface area (Å²) in [6, 6.07) is 4.05. The van der Waals surface area contributed by atoms with Crippen LogP contribution in [0.5, 0.6) is 5.75 Å². The van der Waals surface area contributed by atoms with Crippen LogP contribution in [0, 0.1) is 0 Å². The smallest absolute Gasteiger partial charge is 0.306 e. The van der Waals surface area contributed by atoms with Gasteiger partial charge in [0.2, 0.25) is 0 Å². The molecular weight excluding hydrogens is 306 g/mol. The second-order valence-electron chi connectivity index (χ2n) is 8.12. The third-order valence-corrected chi connectivity index (χ3v) is 3.93. The monoisotopic (exact) mass is 337 g/mol. The maximum atomic E-state index is 11.8. The highest BCUT2D eigenvalue weighted by atomic mass is 16.6. The molecule has 0 saturated heterocycles. The van der Waals surface area contributed by atoms with Gasteiger partial charge in [0, 0.05) is 6.42 Å². The summed E-state index contributed by atoms with van der Waals surface area (Å²) in [5.41, 5.74) is 2.60. The third-order valence-electron chi connectivity index (χ3n) is 3.93. The summed E-state index contributed by atoms with van der Waals surface area (Å²) in [6.07, 6.45) is 0.635. The van der Waals surface area contributed by atoms with Gasteiger partial charge in [-0.05, 0) is 33.9 Å². The number of phenolic OH excluding ortho intramolecular Hbond substituents is 1. The van der Waals surface area contributed by atoms with Gasteiger partial charge in [-0.25, -0.2) is 5.90 Å². The third kappa shape index (κ3) is 5.80. The van der Waals surface area contributed by atoms with Gasteiger partial charge >= 0.3 is 5.97 Å². The molecular formula is C19H31NO4. The Kier molecular flexibility index (Phi) is 6.81. The van der Waals surface area contributed by atoms with E-state index in [1.54, 1.807) is 0 Å². The van der Waals surface area contributed by atoms with Gasteiger partial charge in [0.05, 0.1) is 0 Å². The Bertz CT molecular complexity index is 568. The molecule has 0 aliphatic carbocycles. The first kappa shape index (κ1) is 20.5. The van der Waals surface area contributed by atoms with Crippen molar-refractivity contribution >= 4 is 5.97 Å². The Morgan fingerprint density at radius 3 is 2.21 bits per heavy atom. The number of carbonyl (C=O) groups excluding carboxylic acids is 1. The lowest BCUT2D eigenvalue weighted by Crippen LogP contribution is -2.18. The SMILES string of the molecule is CC(C)(C)c1cc(CCC(=O)OCCON)c(O)c(C(C)(C)C)c1. The molecule has 136 valence electrons. The van der Waals surface area contributed by atoms with Crippen LogP contribution in [0.25, 0.3) is 0 Å². The Labute approximate surface area is 145 Å². The van der Waals surface area contributed by atoms with E-state index >= 15 is 0 Å². The molecule has 1 aromatic carbocycles. The summed E-state index contributed by atoms with van der Waals surface area (Å²) in [5, 5.41) is 10.7. The lowest BCUT2D eigenvalue weighted by Gasteiger charge is -2.27. The zero-order valence-corrected chi connectivity index (χ0v) is 15.7. The normalized spacial score (nSPS) is 12.3. The summed E-state index contributed by atoms with van der Waals surface area (Å²) < 4.78 is 5.01. The molecule has 0 amide bonds. The summed E-state index contributed by atoms with van der Waals surface area (Å²) in [7, 11) is 0. The van der Waals surface area contributed by atoms with Gasteiger partial charge in [-0.1, -0.05) is 53.7 Å². The largest absolute Gasteiger partial charge is 0.507 e. The van der Waals surface area contributed by atoms with Crippen LogP contribution in [-0.4, -0.2) is 24.3 Å². The first-order chi connectivity index (χ1) is 11.0. The molecule has 0 aromatic heterocycles. The number of ether oxygens (including phenoxy) is 1. The van der Waals surface area contributed by atoms with Crippen LogP contribution in [0.15, 0.2) is 12.1 Å². The predicted octanol–water partition coefficient (Wildman–Crippen LogP) is 3.35. The van der Waals surface area contributed by atoms with Gasteiger partial charge in [0.1, 0.15) is 19.0 Å². The van der Waals surface area contributed by atoms with E-state index in [-0.39, 0.29) is 42.2 Å². The van der Waals surface area contributed by atoms with E-state index in [4.69, 9.17) is 10.6 Å². The maximum absolute atomic E-state index is 11.8. The number of rotatable bonds is 6. The first-order valence-corrected chi connectivity index (χ1v) is 8.31. The molecule has 0 saturated carbocycles. The standard InChI is InChI=1S/C19H31NO4/c1-18(2,3)14-11-13(7-8-16(21)23-9-10-24-20)17(22)15(12-14)19(4,5)6/h11-12,22H,7-10,20H2,1-6H3. The van der Waals surface area contributed by atoms with Gasteiger partial charge < -0.3 is 14.7 Å². The number of hydrogen-bond donors (Lipinski definition) is 2. The second-order valence-corrected chi connectivity index (χ2v) is 8.12. The number of carbonyl (C=O) groups is 1. The van der Waals surface area contributed by atoms with Crippen LogP contribution < -0.4 is 5.90 Å². The summed E-state index contributed by atoms with van der Waals surface area (Å²) in [6.45, 7) is 12.9. The Morgan fingerprint density at radius 1 is 1.08 bits per heavy atom. The van der Waals surface area contributed by atoms with Crippen LogP contribution in [0.3, 0.4) is 0 Å². The molecule has 5 heteroatoms. The van der Waals surface area contributed by atoms with E-state index in [0.29, 0.717) is 6.42 Å². The van der Waals surface area contributed by atoms with Crippen LogP contribution in [0.1, 0.15) is 64.7 Å². The summed E-state index contributed by atoms with van der Waals surface area (Å²) in [4.78, 5) is 16.1. The molecule has 3 N–H and O–H groups in total. The zero-order valence-electron chi connectivity index (χ0n) is 15.7. The van der Waals surface area contributed by atoms with E-state index in [1.165, 1.54) is 0 Å². The minimum atomic E-state index is -0.329. The van der Waals surface area contributed by atoms with Gasteiger partial charge in [0.15, 0.2) is 0 Å². The molecule has 0 spiro atoms. The van der Waals surface area contributed by atoms with E-state index in [9.17, 15) is 9.90 Å². The number of aromatic hydroxyl groups is 1. The fourth-order valence-electron chi connectivity index (χ4n) is 2.40. The molecule has 0 heterocycles. The molecule has 0 radical (unpaired) electrons. The number of nitrogens with two attached hydrogens (primary N) is 1. The topological polar surface area (TPSA) is 81.8 Å². The number of benzene rings is 1. The summed E-state index contributed by atoms with van der Waals surface area (Å²) in [5.74, 6) is 4.83. The predicted molar refractivity (Wildman–Crippen MR) is 94.9 cm³/mol. The van der Waals surface area contributed by atoms with Crippen molar-refractivity contribution in [3.05, 3.63) is 28.8 Å². The van der Waals surface area contributed by atoms with Gasteiger partial charge in [-0.15, -0.1) is 0 Å². The fourth-order valence-corrected chi connectivity index (χ4v) is 2.40. The highest BCUT2D eigenvalue weighted by Gasteiger charge is 2.25. The molecule has 0 aliphatic heterocycles. The van der Waals surface area contributed by atoms with Crippen LogP contribution in [-0.2, 0) is 31.6 Å². The van der Waals surface area contributed by atoms with Gasteiger partial charge in [-0.3, -0.25) is 4.79 Å². The van der Waals surface area contributed by atoms with E-state index in [1.807, 2.05) is 6.07 Å². The van der Waals surface area contributed by atoms with Crippen molar-refractivity contribution in [2.45, 2.75) is 65.2 Å². The van der Waals surface area contributed by atoms with E-state index < -0.39 is 0 Å². The fraction of sp³-hybridized carbons (Fsp3) is 0.632. The molecule has 0 aliphatic rings. The maximum Gasteiger partial charge on any atom is 0.306 e. The Hall–Kier alpha value is -1.59. The van der Waals surface area contributed by atoms with E-state index in [0.717, 1.165) is 16.7 Å². The first-order valence-electron chi connectivity index (χ1n) is 8.31. The van der Waals surface area contributed by atoms with Gasteiger partial charge in [-0.2, -0.15) is 0 Å². The minimum absolute atomic E-state index is 0.0403. The van der Waals surface area contributed by atoms with Crippen molar-refractivity contribution in [2.24, 2.45) is 5.90 Å². The quantitative estimate of drug-likeness (QED) is 0.472. The minimum Gasteiger partial charge on any atom is -0.507 e. The molecule has 0 bridgehead atoms. The average molecular weight is 337 g/mol. The zero-order chi connectivity index (χ0) is 18.5. The highest BCUT2D eigenvalue weighted by molar-refractivity contribution is 5.70.